The van der Waals surface area contributed by atoms with Gasteiger partial charge in [0.1, 0.15) is 0 Å². The number of nitrogens with zero attached hydrogens (tertiary/aromatic N) is 2. The van der Waals surface area contributed by atoms with Crippen molar-refractivity contribution >= 4 is 5.91 Å². The van der Waals surface area contributed by atoms with Crippen molar-refractivity contribution in [3.63, 3.8) is 0 Å². The molecule has 0 unspecified atom stereocenters. The van der Waals surface area contributed by atoms with Gasteiger partial charge < -0.3 is 10.3 Å². The Morgan fingerprint density at radius 3 is 2.86 bits per heavy atom. The Morgan fingerprint density at radius 2 is 2.24 bits per heavy atom. The maximum absolute atomic E-state index is 11.8. The summed E-state index contributed by atoms with van der Waals surface area (Å²) in [4.78, 5) is 30.2. The lowest BCUT2D eigenvalue weighted by Crippen LogP contribution is -2.28. The Labute approximate surface area is 123 Å². The molecule has 2 rings (SSSR count). The minimum atomic E-state index is -0.159. The Bertz CT molecular complexity index is 658. The number of aryl methyl sites for hydroxylation is 1. The largest absolute Gasteiger partial charge is 0.356 e. The van der Waals surface area contributed by atoms with E-state index in [0.717, 1.165) is 23.4 Å². The summed E-state index contributed by atoms with van der Waals surface area (Å²) in [6, 6.07) is 3.85. The highest BCUT2D eigenvalue weighted by molar-refractivity contribution is 5.75. The maximum atomic E-state index is 11.8. The number of hydrogen-bond acceptors (Lipinski definition) is 3. The van der Waals surface area contributed by atoms with Crippen LogP contribution in [0.1, 0.15) is 23.4 Å². The Hall–Kier alpha value is -2.37. The molecule has 2 N–H and O–H groups in total. The Kier molecular flexibility index (Phi) is 4.92. The Morgan fingerprint density at radius 1 is 1.43 bits per heavy atom. The van der Waals surface area contributed by atoms with Gasteiger partial charge in [-0.2, -0.15) is 0 Å². The molecule has 0 atom stereocenters. The predicted molar refractivity (Wildman–Crippen MR) is 80.1 cm³/mol. The number of rotatable bonds is 6. The summed E-state index contributed by atoms with van der Waals surface area (Å²) >= 11 is 0. The molecule has 0 radical (unpaired) electrons. The van der Waals surface area contributed by atoms with Crippen molar-refractivity contribution in [1.29, 1.82) is 0 Å². The van der Waals surface area contributed by atoms with Gasteiger partial charge in [0.25, 0.3) is 0 Å². The van der Waals surface area contributed by atoms with Crippen LogP contribution >= 0.6 is 0 Å². The van der Waals surface area contributed by atoms with Gasteiger partial charge in [-0.1, -0.05) is 6.07 Å². The van der Waals surface area contributed by atoms with E-state index in [2.05, 4.69) is 15.3 Å². The third-order valence-electron chi connectivity index (χ3n) is 3.51. The van der Waals surface area contributed by atoms with Crippen LogP contribution in [0.2, 0.25) is 0 Å². The molecule has 21 heavy (non-hydrogen) atoms. The number of carbonyl (C=O) groups excluding carboxylic acids is 1. The van der Waals surface area contributed by atoms with Gasteiger partial charge in [-0.15, -0.1) is 0 Å². The summed E-state index contributed by atoms with van der Waals surface area (Å²) in [5.74, 6) is -0.0518. The first kappa shape index (κ1) is 15.0. The number of H-pyrrole nitrogens is 1. The first-order valence-corrected chi connectivity index (χ1v) is 6.99. The number of carbonyl (C=O) groups is 1. The van der Waals surface area contributed by atoms with Gasteiger partial charge in [0.05, 0.1) is 0 Å². The first-order valence-electron chi connectivity index (χ1n) is 6.99. The van der Waals surface area contributed by atoms with Gasteiger partial charge in [-0.25, -0.2) is 4.79 Å². The zero-order valence-corrected chi connectivity index (χ0v) is 12.3. The van der Waals surface area contributed by atoms with E-state index in [1.165, 1.54) is 0 Å². The summed E-state index contributed by atoms with van der Waals surface area (Å²) in [6.07, 6.45) is 4.56. The van der Waals surface area contributed by atoms with E-state index >= 15 is 0 Å². The molecule has 2 heterocycles. The normalized spacial score (nSPS) is 10.6. The fourth-order valence-corrected chi connectivity index (χ4v) is 2.14. The predicted octanol–water partition coefficient (Wildman–Crippen LogP) is 0.937. The molecule has 112 valence electrons. The van der Waals surface area contributed by atoms with E-state index in [9.17, 15) is 9.59 Å². The monoisotopic (exact) mass is 288 g/mol. The highest BCUT2D eigenvalue weighted by atomic mass is 16.2. The van der Waals surface area contributed by atoms with Crippen LogP contribution in [0.25, 0.3) is 0 Å². The molecule has 0 aliphatic rings. The highest BCUT2D eigenvalue weighted by Crippen LogP contribution is 2.01. The van der Waals surface area contributed by atoms with Gasteiger partial charge in [0, 0.05) is 43.3 Å². The molecule has 0 saturated heterocycles. The van der Waals surface area contributed by atoms with E-state index < -0.39 is 0 Å². The molecule has 0 bridgehead atoms. The van der Waals surface area contributed by atoms with Crippen molar-refractivity contribution in [3.8, 4) is 0 Å². The fourth-order valence-electron chi connectivity index (χ4n) is 2.14. The number of pyridine rings is 1. The van der Waals surface area contributed by atoms with Crippen LogP contribution < -0.4 is 11.0 Å². The van der Waals surface area contributed by atoms with Gasteiger partial charge in [0.15, 0.2) is 0 Å². The zero-order valence-electron chi connectivity index (χ0n) is 12.3. The standard InChI is InChI=1S/C15H20N4O2/c1-11-12(2)19(15(21)18-11)9-6-14(20)17-8-5-13-4-3-7-16-10-13/h3-4,7,10H,5-6,8-9H2,1-2H3,(H,17,20)(H,18,21). The van der Waals surface area contributed by atoms with Gasteiger partial charge in [0.2, 0.25) is 5.91 Å². The molecule has 0 aliphatic carbocycles. The van der Waals surface area contributed by atoms with Gasteiger partial charge in [-0.05, 0) is 31.9 Å². The van der Waals surface area contributed by atoms with Crippen LogP contribution in [-0.2, 0) is 17.8 Å². The SMILES string of the molecule is Cc1[nH]c(=O)n(CCC(=O)NCCc2cccnc2)c1C. The fraction of sp³-hybridized carbons (Fsp3) is 0.400. The van der Waals surface area contributed by atoms with Crippen molar-refractivity contribution in [2.75, 3.05) is 6.54 Å². The number of nitrogens with one attached hydrogen (secondary N) is 2. The second kappa shape index (κ2) is 6.88. The number of amides is 1. The van der Waals surface area contributed by atoms with Gasteiger partial charge in [-0.3, -0.25) is 14.3 Å². The van der Waals surface area contributed by atoms with E-state index in [1.54, 1.807) is 17.0 Å². The minimum Gasteiger partial charge on any atom is -0.356 e. The summed E-state index contributed by atoms with van der Waals surface area (Å²) < 4.78 is 1.59. The number of hydrogen-bond donors (Lipinski definition) is 2. The van der Waals surface area contributed by atoms with Crippen LogP contribution in [0, 0.1) is 13.8 Å². The van der Waals surface area contributed by atoms with Crippen molar-refractivity contribution in [2.24, 2.45) is 0 Å². The van der Waals surface area contributed by atoms with Crippen LogP contribution in [0.5, 0.6) is 0 Å². The summed E-state index contributed by atoms with van der Waals surface area (Å²) in [6.45, 7) is 4.69. The minimum absolute atomic E-state index is 0.0518. The molecule has 6 nitrogen and oxygen atoms in total. The molecular formula is C15H20N4O2. The zero-order chi connectivity index (χ0) is 15.2. The van der Waals surface area contributed by atoms with E-state index in [1.807, 2.05) is 26.0 Å². The average Bonchev–Trinajstić information content (AvgIpc) is 2.71. The molecule has 0 saturated carbocycles. The number of aromatic nitrogens is 3. The van der Waals surface area contributed by atoms with Crippen LogP contribution in [0.4, 0.5) is 0 Å². The number of imidazole rings is 1. The molecule has 2 aromatic rings. The van der Waals surface area contributed by atoms with Crippen LogP contribution in [0.3, 0.4) is 0 Å². The van der Waals surface area contributed by atoms with Crippen molar-refractivity contribution in [1.82, 2.24) is 19.9 Å². The molecule has 2 aromatic heterocycles. The second-order valence-electron chi connectivity index (χ2n) is 5.00. The van der Waals surface area contributed by atoms with E-state index in [-0.39, 0.29) is 11.6 Å². The summed E-state index contributed by atoms with van der Waals surface area (Å²) in [5.41, 5.74) is 2.65. The summed E-state index contributed by atoms with van der Waals surface area (Å²) in [5, 5.41) is 2.85. The lowest BCUT2D eigenvalue weighted by atomic mass is 10.2. The quantitative estimate of drug-likeness (QED) is 0.830. The molecule has 0 aromatic carbocycles. The molecular weight excluding hydrogens is 268 g/mol. The van der Waals surface area contributed by atoms with E-state index in [0.29, 0.717) is 19.5 Å². The summed E-state index contributed by atoms with van der Waals surface area (Å²) in [7, 11) is 0. The van der Waals surface area contributed by atoms with Gasteiger partial charge >= 0.3 is 5.69 Å². The molecule has 6 heteroatoms. The Balaban J connectivity index is 1.76. The van der Waals surface area contributed by atoms with Crippen molar-refractivity contribution < 1.29 is 4.79 Å². The topological polar surface area (TPSA) is 79.8 Å². The molecule has 0 aliphatic heterocycles. The third kappa shape index (κ3) is 4.05. The lowest BCUT2D eigenvalue weighted by molar-refractivity contribution is -0.121. The smallest absolute Gasteiger partial charge is 0.325 e. The molecule has 1 amide bonds. The third-order valence-corrected chi connectivity index (χ3v) is 3.51. The van der Waals surface area contributed by atoms with Crippen molar-refractivity contribution in [2.45, 2.75) is 33.2 Å². The van der Waals surface area contributed by atoms with E-state index in [4.69, 9.17) is 0 Å². The average molecular weight is 288 g/mol. The second-order valence-corrected chi connectivity index (χ2v) is 5.00. The highest BCUT2D eigenvalue weighted by Gasteiger charge is 2.08. The maximum Gasteiger partial charge on any atom is 0.325 e. The van der Waals surface area contributed by atoms with Crippen molar-refractivity contribution in [3.05, 3.63) is 52.0 Å². The van der Waals surface area contributed by atoms with Crippen LogP contribution in [0.15, 0.2) is 29.3 Å². The molecule has 0 fully saturated rings. The number of aromatic amines is 1. The molecule has 0 spiro atoms. The van der Waals surface area contributed by atoms with Crippen LogP contribution in [-0.4, -0.2) is 27.0 Å². The first-order chi connectivity index (χ1) is 10.1. The lowest BCUT2D eigenvalue weighted by Gasteiger charge is -2.06.